The van der Waals surface area contributed by atoms with Gasteiger partial charge in [-0.1, -0.05) is 24.3 Å². The van der Waals surface area contributed by atoms with Crippen LogP contribution in [0, 0.1) is 5.82 Å². The maximum Gasteiger partial charge on any atom is 0.190 e. The highest BCUT2D eigenvalue weighted by molar-refractivity contribution is 7.90. The van der Waals surface area contributed by atoms with Gasteiger partial charge in [0.15, 0.2) is 15.8 Å². The number of benzene rings is 2. The first kappa shape index (κ1) is 22.7. The molecule has 2 N–H and O–H groups in total. The summed E-state index contributed by atoms with van der Waals surface area (Å²) in [4.78, 5) is 6.42. The van der Waals surface area contributed by atoms with Crippen molar-refractivity contribution in [1.29, 1.82) is 0 Å². The summed E-state index contributed by atoms with van der Waals surface area (Å²) in [6, 6.07) is 13.7. The fraction of sp³-hybridized carbons (Fsp3) is 0.381. The number of para-hydroxylation sites is 1. The molecule has 0 saturated carbocycles. The SMILES string of the molecule is CN=C(NCCCN(C)c1ccccc1F)NCCc1ccc(S(C)(=O)=O)cc1. The number of guanidine groups is 1. The van der Waals surface area contributed by atoms with Crippen LogP contribution in [0.4, 0.5) is 10.1 Å². The number of aliphatic imine (C=N–C) groups is 1. The fourth-order valence-electron chi connectivity index (χ4n) is 2.85. The largest absolute Gasteiger partial charge is 0.372 e. The minimum absolute atomic E-state index is 0.218. The van der Waals surface area contributed by atoms with E-state index < -0.39 is 9.84 Å². The van der Waals surface area contributed by atoms with Crippen molar-refractivity contribution in [1.82, 2.24) is 10.6 Å². The highest BCUT2D eigenvalue weighted by Gasteiger charge is 2.07. The standard InChI is InChI=1S/C21H29FN4O2S/c1-23-21(24-14-6-16-26(2)20-8-5-4-7-19(20)22)25-15-13-17-9-11-18(12-10-17)29(3,27)28/h4-5,7-12H,6,13-16H2,1-3H3,(H2,23,24,25). The average Bonchev–Trinajstić information content (AvgIpc) is 2.69. The van der Waals surface area contributed by atoms with Crippen LogP contribution >= 0.6 is 0 Å². The Morgan fingerprint density at radius 2 is 1.72 bits per heavy atom. The number of rotatable bonds is 9. The molecule has 8 heteroatoms. The fourth-order valence-corrected chi connectivity index (χ4v) is 3.48. The van der Waals surface area contributed by atoms with E-state index in [1.807, 2.05) is 30.1 Å². The molecule has 158 valence electrons. The van der Waals surface area contributed by atoms with Gasteiger partial charge in [-0.2, -0.15) is 0 Å². The van der Waals surface area contributed by atoms with Gasteiger partial charge in [0.25, 0.3) is 0 Å². The molecular formula is C21H29FN4O2S. The van der Waals surface area contributed by atoms with Gasteiger partial charge in [-0.15, -0.1) is 0 Å². The molecule has 0 aromatic heterocycles. The molecule has 2 aromatic rings. The maximum absolute atomic E-state index is 13.8. The molecule has 2 aromatic carbocycles. The van der Waals surface area contributed by atoms with E-state index in [1.165, 1.54) is 12.3 Å². The van der Waals surface area contributed by atoms with Crippen molar-refractivity contribution in [3.05, 3.63) is 59.9 Å². The highest BCUT2D eigenvalue weighted by Crippen LogP contribution is 2.16. The van der Waals surface area contributed by atoms with Crippen LogP contribution in [-0.4, -0.2) is 54.4 Å². The summed E-state index contributed by atoms with van der Waals surface area (Å²) in [6.45, 7) is 2.10. The predicted molar refractivity (Wildman–Crippen MR) is 117 cm³/mol. The zero-order valence-corrected chi connectivity index (χ0v) is 18.0. The molecule has 0 saturated heterocycles. The molecule has 0 atom stereocenters. The van der Waals surface area contributed by atoms with Gasteiger partial charge in [0.1, 0.15) is 5.82 Å². The third-order valence-electron chi connectivity index (χ3n) is 4.51. The van der Waals surface area contributed by atoms with Gasteiger partial charge >= 0.3 is 0 Å². The second-order valence-electron chi connectivity index (χ2n) is 6.82. The minimum atomic E-state index is -3.17. The lowest BCUT2D eigenvalue weighted by molar-refractivity contribution is 0.602. The van der Waals surface area contributed by atoms with E-state index in [4.69, 9.17) is 0 Å². The summed E-state index contributed by atoms with van der Waals surface area (Å²) >= 11 is 0. The van der Waals surface area contributed by atoms with Crippen LogP contribution in [0.1, 0.15) is 12.0 Å². The number of nitrogens with zero attached hydrogens (tertiary/aromatic N) is 2. The molecular weight excluding hydrogens is 391 g/mol. The van der Waals surface area contributed by atoms with Crippen molar-refractivity contribution in [2.75, 3.05) is 44.9 Å². The van der Waals surface area contributed by atoms with Gasteiger partial charge in [-0.25, -0.2) is 12.8 Å². The quantitative estimate of drug-likeness (QED) is 0.370. The normalized spacial score (nSPS) is 11.9. The van der Waals surface area contributed by atoms with Gasteiger partial charge in [0.2, 0.25) is 0 Å². The van der Waals surface area contributed by atoms with Gasteiger partial charge in [-0.05, 0) is 42.7 Å². The Kier molecular flexibility index (Phi) is 8.45. The summed E-state index contributed by atoms with van der Waals surface area (Å²) in [5.41, 5.74) is 1.64. The lowest BCUT2D eigenvalue weighted by Crippen LogP contribution is -2.39. The summed E-state index contributed by atoms with van der Waals surface area (Å²) in [5.74, 6) is 0.483. The number of anilines is 1. The van der Waals surface area contributed by atoms with Crippen molar-refractivity contribution in [2.45, 2.75) is 17.7 Å². The first-order valence-electron chi connectivity index (χ1n) is 9.50. The summed E-state index contributed by atoms with van der Waals surface area (Å²) in [7, 11) is 0.420. The first-order valence-corrected chi connectivity index (χ1v) is 11.4. The predicted octanol–water partition coefficient (Wildman–Crippen LogP) is 2.46. The third-order valence-corrected chi connectivity index (χ3v) is 5.64. The average molecular weight is 421 g/mol. The van der Waals surface area contributed by atoms with Crippen LogP contribution < -0.4 is 15.5 Å². The van der Waals surface area contributed by atoms with Crippen LogP contribution in [-0.2, 0) is 16.3 Å². The Morgan fingerprint density at radius 1 is 1.07 bits per heavy atom. The summed E-state index contributed by atoms with van der Waals surface area (Å²) < 4.78 is 36.8. The van der Waals surface area contributed by atoms with Crippen molar-refractivity contribution in [2.24, 2.45) is 4.99 Å². The monoisotopic (exact) mass is 420 g/mol. The summed E-state index contributed by atoms with van der Waals surface area (Å²) in [6.07, 6.45) is 2.78. The highest BCUT2D eigenvalue weighted by atomic mass is 32.2. The number of sulfone groups is 1. The number of halogens is 1. The van der Waals surface area contributed by atoms with Crippen LogP contribution in [0.2, 0.25) is 0 Å². The van der Waals surface area contributed by atoms with Gasteiger partial charge < -0.3 is 15.5 Å². The van der Waals surface area contributed by atoms with E-state index in [9.17, 15) is 12.8 Å². The van der Waals surface area contributed by atoms with Gasteiger partial charge in [0, 0.05) is 40.0 Å². The molecule has 0 aliphatic heterocycles. The maximum atomic E-state index is 13.8. The van der Waals surface area contributed by atoms with E-state index in [0.29, 0.717) is 29.6 Å². The first-order chi connectivity index (χ1) is 13.8. The van der Waals surface area contributed by atoms with E-state index in [1.54, 1.807) is 31.3 Å². The Morgan fingerprint density at radius 3 is 2.34 bits per heavy atom. The second-order valence-corrected chi connectivity index (χ2v) is 8.83. The van der Waals surface area contributed by atoms with E-state index in [-0.39, 0.29) is 5.82 Å². The smallest absolute Gasteiger partial charge is 0.190 e. The van der Waals surface area contributed by atoms with Crippen LogP contribution in [0.15, 0.2) is 58.4 Å². The molecule has 0 fully saturated rings. The van der Waals surface area contributed by atoms with Crippen LogP contribution in [0.25, 0.3) is 0 Å². The van der Waals surface area contributed by atoms with Gasteiger partial charge in [-0.3, -0.25) is 4.99 Å². The molecule has 0 unspecified atom stereocenters. The van der Waals surface area contributed by atoms with Crippen molar-refractivity contribution in [3.8, 4) is 0 Å². The molecule has 0 bridgehead atoms. The van der Waals surface area contributed by atoms with Crippen LogP contribution in [0.5, 0.6) is 0 Å². The molecule has 0 heterocycles. The van der Waals surface area contributed by atoms with E-state index in [0.717, 1.165) is 24.9 Å². The van der Waals surface area contributed by atoms with Crippen molar-refractivity contribution >= 4 is 21.5 Å². The number of hydrogen-bond donors (Lipinski definition) is 2. The Labute approximate surface area is 172 Å². The minimum Gasteiger partial charge on any atom is -0.372 e. The topological polar surface area (TPSA) is 73.8 Å². The number of nitrogens with one attached hydrogen (secondary N) is 2. The molecule has 2 rings (SSSR count). The van der Waals surface area contributed by atoms with Gasteiger partial charge in [0.05, 0.1) is 10.6 Å². The molecule has 0 aliphatic rings. The van der Waals surface area contributed by atoms with E-state index in [2.05, 4.69) is 15.6 Å². The molecule has 0 radical (unpaired) electrons. The Bertz CT molecular complexity index is 915. The third kappa shape index (κ3) is 7.38. The lowest BCUT2D eigenvalue weighted by Gasteiger charge is -2.20. The van der Waals surface area contributed by atoms with Crippen molar-refractivity contribution in [3.63, 3.8) is 0 Å². The Balaban J connectivity index is 1.69. The zero-order chi connectivity index (χ0) is 21.3. The van der Waals surface area contributed by atoms with E-state index >= 15 is 0 Å². The van der Waals surface area contributed by atoms with Crippen molar-refractivity contribution < 1.29 is 12.8 Å². The summed E-state index contributed by atoms with van der Waals surface area (Å²) in [5, 5.41) is 6.48. The molecule has 0 amide bonds. The van der Waals surface area contributed by atoms with Crippen LogP contribution in [0.3, 0.4) is 0 Å². The zero-order valence-electron chi connectivity index (χ0n) is 17.2. The molecule has 0 aliphatic carbocycles. The Hall–Kier alpha value is -2.61. The lowest BCUT2D eigenvalue weighted by atomic mass is 10.1. The molecule has 29 heavy (non-hydrogen) atoms. The molecule has 0 spiro atoms. The molecule has 6 nitrogen and oxygen atoms in total. The number of hydrogen-bond acceptors (Lipinski definition) is 4. The second kappa shape index (κ2) is 10.8.